The molecule has 0 unspecified atom stereocenters. The number of halogens is 1. The molecule has 1 saturated heterocycles. The Morgan fingerprint density at radius 2 is 2.10 bits per heavy atom. The summed E-state index contributed by atoms with van der Waals surface area (Å²) >= 11 is 0. The van der Waals surface area contributed by atoms with Crippen molar-refractivity contribution in [2.24, 2.45) is 0 Å². The van der Waals surface area contributed by atoms with Crippen LogP contribution in [0.1, 0.15) is 19.8 Å². The van der Waals surface area contributed by atoms with Crippen molar-refractivity contribution in [1.29, 1.82) is 0 Å². The number of carbonyl (C=O) groups excluding carboxylic acids is 2. The number of nitrogens with one attached hydrogen (secondary N) is 3. The summed E-state index contributed by atoms with van der Waals surface area (Å²) in [6.45, 7) is 2.31. The van der Waals surface area contributed by atoms with E-state index in [-0.39, 0.29) is 30.3 Å². The van der Waals surface area contributed by atoms with Crippen LogP contribution in [-0.2, 0) is 9.59 Å². The fourth-order valence-corrected chi connectivity index (χ4v) is 2.20. The van der Waals surface area contributed by atoms with Crippen LogP contribution in [0.3, 0.4) is 0 Å². The van der Waals surface area contributed by atoms with E-state index < -0.39 is 0 Å². The molecule has 1 aliphatic heterocycles. The minimum atomic E-state index is -0.171. The Balaban J connectivity index is 0.00000220. The highest BCUT2D eigenvalue weighted by molar-refractivity contribution is 5.96. The summed E-state index contributed by atoms with van der Waals surface area (Å²) in [7, 11) is 1.52. The van der Waals surface area contributed by atoms with Crippen molar-refractivity contribution in [3.63, 3.8) is 0 Å². The highest BCUT2D eigenvalue weighted by Crippen LogP contribution is 2.28. The minimum Gasteiger partial charge on any atom is -0.494 e. The van der Waals surface area contributed by atoms with E-state index in [9.17, 15) is 9.59 Å². The molecule has 6 nitrogen and oxygen atoms in total. The Kier molecular flexibility index (Phi) is 6.45. The first-order valence-electron chi connectivity index (χ1n) is 6.60. The first-order valence-corrected chi connectivity index (χ1v) is 6.60. The van der Waals surface area contributed by atoms with E-state index in [4.69, 9.17) is 4.74 Å². The smallest absolute Gasteiger partial charge is 0.241 e. The second-order valence-electron chi connectivity index (χ2n) is 4.73. The fourth-order valence-electron chi connectivity index (χ4n) is 2.20. The highest BCUT2D eigenvalue weighted by atomic mass is 35.5. The SMILES string of the molecule is COc1cc(NC(=O)[C@@H]2CCCN2)ccc1NC(C)=O.Cl. The van der Waals surface area contributed by atoms with Gasteiger partial charge in [-0.2, -0.15) is 0 Å². The van der Waals surface area contributed by atoms with Crippen LogP contribution in [-0.4, -0.2) is 31.5 Å². The van der Waals surface area contributed by atoms with Gasteiger partial charge in [0, 0.05) is 18.7 Å². The lowest BCUT2D eigenvalue weighted by atomic mass is 10.2. The Bertz CT molecular complexity index is 516. The van der Waals surface area contributed by atoms with Crippen LogP contribution in [0.4, 0.5) is 11.4 Å². The molecule has 2 rings (SSSR count). The molecule has 116 valence electrons. The topological polar surface area (TPSA) is 79.5 Å². The lowest BCUT2D eigenvalue weighted by Gasteiger charge is -2.14. The number of amides is 2. The molecule has 2 amide bonds. The zero-order valence-electron chi connectivity index (χ0n) is 12.1. The summed E-state index contributed by atoms with van der Waals surface area (Å²) < 4.78 is 5.21. The lowest BCUT2D eigenvalue weighted by Crippen LogP contribution is -2.35. The number of hydrogen-bond acceptors (Lipinski definition) is 4. The second-order valence-corrected chi connectivity index (χ2v) is 4.73. The number of anilines is 2. The van der Waals surface area contributed by atoms with Crippen molar-refractivity contribution in [3.8, 4) is 5.75 Å². The standard InChI is InChI=1S/C14H19N3O3.ClH/c1-9(18)16-11-6-5-10(8-13(11)20-2)17-14(19)12-4-3-7-15-12;/h5-6,8,12,15H,3-4,7H2,1-2H3,(H,16,18)(H,17,19);1H/t12-;/m0./s1. The predicted molar refractivity (Wildman–Crippen MR) is 84.2 cm³/mol. The fraction of sp³-hybridized carbons (Fsp3) is 0.429. The molecule has 21 heavy (non-hydrogen) atoms. The molecule has 0 radical (unpaired) electrons. The van der Waals surface area contributed by atoms with Crippen LogP contribution in [0.25, 0.3) is 0 Å². The maximum absolute atomic E-state index is 12.0. The molecule has 7 heteroatoms. The Morgan fingerprint density at radius 1 is 1.33 bits per heavy atom. The first kappa shape index (κ1) is 17.3. The Labute approximate surface area is 130 Å². The number of hydrogen-bond donors (Lipinski definition) is 3. The van der Waals surface area contributed by atoms with Crippen molar-refractivity contribution < 1.29 is 14.3 Å². The second kappa shape index (κ2) is 7.85. The van der Waals surface area contributed by atoms with Crippen molar-refractivity contribution in [2.75, 3.05) is 24.3 Å². The molecule has 0 saturated carbocycles. The predicted octanol–water partition coefficient (Wildman–Crippen LogP) is 1.77. The van der Waals surface area contributed by atoms with Gasteiger partial charge in [0.2, 0.25) is 11.8 Å². The molecule has 0 aromatic heterocycles. The molecule has 1 atom stereocenters. The third-order valence-electron chi connectivity index (χ3n) is 3.16. The highest BCUT2D eigenvalue weighted by Gasteiger charge is 2.22. The molecule has 1 aliphatic rings. The maximum Gasteiger partial charge on any atom is 0.241 e. The third kappa shape index (κ3) is 4.61. The first-order chi connectivity index (χ1) is 9.60. The van der Waals surface area contributed by atoms with Crippen LogP contribution in [0, 0.1) is 0 Å². The van der Waals surface area contributed by atoms with E-state index in [0.29, 0.717) is 17.1 Å². The molecule has 1 aromatic rings. The summed E-state index contributed by atoms with van der Waals surface area (Å²) in [5.74, 6) is 0.296. The zero-order valence-corrected chi connectivity index (χ0v) is 12.9. The van der Waals surface area contributed by atoms with Gasteiger partial charge in [-0.15, -0.1) is 12.4 Å². The van der Waals surface area contributed by atoms with E-state index >= 15 is 0 Å². The van der Waals surface area contributed by atoms with Gasteiger partial charge >= 0.3 is 0 Å². The Hall–Kier alpha value is -1.79. The summed E-state index contributed by atoms with van der Waals surface area (Å²) in [6.07, 6.45) is 1.87. The van der Waals surface area contributed by atoms with Crippen LogP contribution < -0.4 is 20.7 Å². The van der Waals surface area contributed by atoms with Crippen molar-refractivity contribution in [1.82, 2.24) is 5.32 Å². The summed E-state index contributed by atoms with van der Waals surface area (Å²) in [4.78, 5) is 23.1. The molecular weight excluding hydrogens is 294 g/mol. The van der Waals surface area contributed by atoms with E-state index in [1.807, 2.05) is 0 Å². The average molecular weight is 314 g/mol. The van der Waals surface area contributed by atoms with Gasteiger partial charge in [0.25, 0.3) is 0 Å². The van der Waals surface area contributed by atoms with Gasteiger partial charge < -0.3 is 20.7 Å². The van der Waals surface area contributed by atoms with Crippen LogP contribution in [0.15, 0.2) is 18.2 Å². The van der Waals surface area contributed by atoms with E-state index in [0.717, 1.165) is 19.4 Å². The van der Waals surface area contributed by atoms with Gasteiger partial charge in [0.1, 0.15) is 5.75 Å². The van der Waals surface area contributed by atoms with Crippen LogP contribution in [0.5, 0.6) is 5.75 Å². The molecule has 1 heterocycles. The van der Waals surface area contributed by atoms with Gasteiger partial charge in [-0.3, -0.25) is 9.59 Å². The van der Waals surface area contributed by atoms with Crippen molar-refractivity contribution in [3.05, 3.63) is 18.2 Å². The van der Waals surface area contributed by atoms with Crippen molar-refractivity contribution >= 4 is 35.6 Å². The largest absolute Gasteiger partial charge is 0.494 e. The summed E-state index contributed by atoms with van der Waals surface area (Å²) in [6, 6.07) is 5.01. The lowest BCUT2D eigenvalue weighted by molar-refractivity contribution is -0.118. The molecule has 3 N–H and O–H groups in total. The minimum absolute atomic E-state index is 0. The van der Waals surface area contributed by atoms with Gasteiger partial charge in [0.15, 0.2) is 0 Å². The van der Waals surface area contributed by atoms with E-state index in [1.165, 1.54) is 14.0 Å². The van der Waals surface area contributed by atoms with E-state index in [1.54, 1.807) is 18.2 Å². The molecular formula is C14H20ClN3O3. The monoisotopic (exact) mass is 313 g/mol. The summed E-state index contributed by atoms with van der Waals surface area (Å²) in [5.41, 5.74) is 1.23. The molecule has 1 aromatic carbocycles. The average Bonchev–Trinajstić information content (AvgIpc) is 2.94. The number of carbonyl (C=O) groups is 2. The number of methoxy groups -OCH3 is 1. The zero-order chi connectivity index (χ0) is 14.5. The van der Waals surface area contributed by atoms with Gasteiger partial charge in [0.05, 0.1) is 18.8 Å². The maximum atomic E-state index is 12.0. The molecule has 0 spiro atoms. The number of rotatable bonds is 4. The van der Waals surface area contributed by atoms with Gasteiger partial charge in [-0.05, 0) is 31.5 Å². The number of benzene rings is 1. The number of ether oxygens (including phenoxy) is 1. The molecule has 0 aliphatic carbocycles. The van der Waals surface area contributed by atoms with Crippen LogP contribution >= 0.6 is 12.4 Å². The van der Waals surface area contributed by atoms with Crippen molar-refractivity contribution in [2.45, 2.75) is 25.8 Å². The molecule has 1 fully saturated rings. The molecule has 0 bridgehead atoms. The Morgan fingerprint density at radius 3 is 2.67 bits per heavy atom. The van der Waals surface area contributed by atoms with Crippen LogP contribution in [0.2, 0.25) is 0 Å². The van der Waals surface area contributed by atoms with Gasteiger partial charge in [-0.1, -0.05) is 0 Å². The van der Waals surface area contributed by atoms with Gasteiger partial charge in [-0.25, -0.2) is 0 Å². The van der Waals surface area contributed by atoms with E-state index in [2.05, 4.69) is 16.0 Å². The quantitative estimate of drug-likeness (QED) is 0.791. The summed E-state index contributed by atoms with van der Waals surface area (Å²) in [5, 5.41) is 8.66. The third-order valence-corrected chi connectivity index (χ3v) is 3.16. The normalized spacial score (nSPS) is 16.8.